The molecule has 1 heterocycles. The Hall–Kier alpha value is -3.36. The summed E-state index contributed by atoms with van der Waals surface area (Å²) >= 11 is 0. The van der Waals surface area contributed by atoms with Gasteiger partial charge in [-0.25, -0.2) is 13.1 Å². The molecule has 0 unspecified atom stereocenters. The molecule has 30 heavy (non-hydrogen) atoms. The molecule has 1 amide bonds. The van der Waals surface area contributed by atoms with E-state index in [0.29, 0.717) is 17.9 Å². The first-order valence-electron chi connectivity index (χ1n) is 9.17. The Morgan fingerprint density at radius 3 is 2.57 bits per heavy atom. The first-order chi connectivity index (χ1) is 14.5. The smallest absolute Gasteiger partial charge is 0.244 e. The van der Waals surface area contributed by atoms with E-state index in [2.05, 4.69) is 10.0 Å². The minimum absolute atomic E-state index is 0.0739. The first-order valence-corrected chi connectivity index (χ1v) is 10.7. The lowest BCUT2D eigenvalue weighted by atomic mass is 10.2. The van der Waals surface area contributed by atoms with Crippen molar-refractivity contribution in [3.63, 3.8) is 0 Å². The SMILES string of the molecule is COc1cccc(CNC(=O)/C=C/c2ccc(S(=O)(=O)NCc3ccco3)cc2)c1. The van der Waals surface area contributed by atoms with Crippen LogP contribution in [0, 0.1) is 0 Å². The normalized spacial score (nSPS) is 11.5. The van der Waals surface area contributed by atoms with Gasteiger partial charge in [-0.1, -0.05) is 24.3 Å². The summed E-state index contributed by atoms with van der Waals surface area (Å²) in [5, 5.41) is 2.79. The third-order valence-corrected chi connectivity index (χ3v) is 5.65. The standard InChI is InChI=1S/C22H22N2O5S/c1-28-19-5-2-4-18(14-19)15-23-22(25)12-9-17-7-10-21(11-8-17)30(26,27)24-16-20-6-3-13-29-20/h2-14,24H,15-16H2,1H3,(H,23,25)/b12-9+. The van der Waals surface area contributed by atoms with Gasteiger partial charge < -0.3 is 14.5 Å². The van der Waals surface area contributed by atoms with Crippen LogP contribution in [0.4, 0.5) is 0 Å². The molecule has 0 spiro atoms. The lowest BCUT2D eigenvalue weighted by molar-refractivity contribution is -0.116. The number of carbonyl (C=O) groups is 1. The molecule has 7 nitrogen and oxygen atoms in total. The summed E-state index contributed by atoms with van der Waals surface area (Å²) in [6.45, 7) is 0.448. The molecule has 0 atom stereocenters. The number of ether oxygens (including phenoxy) is 1. The lowest BCUT2D eigenvalue weighted by Gasteiger charge is -2.06. The summed E-state index contributed by atoms with van der Waals surface area (Å²) in [4.78, 5) is 12.2. The molecule has 0 fully saturated rings. The van der Waals surface area contributed by atoms with E-state index in [4.69, 9.17) is 9.15 Å². The Bertz CT molecular complexity index is 1100. The monoisotopic (exact) mass is 426 g/mol. The van der Waals surface area contributed by atoms with Crippen molar-refractivity contribution in [3.05, 3.63) is 89.9 Å². The van der Waals surface area contributed by atoms with Crippen LogP contribution in [0.1, 0.15) is 16.9 Å². The van der Waals surface area contributed by atoms with Crippen molar-refractivity contribution < 1.29 is 22.4 Å². The van der Waals surface area contributed by atoms with Crippen molar-refractivity contribution in [2.24, 2.45) is 0 Å². The second-order valence-corrected chi connectivity index (χ2v) is 8.14. The molecule has 2 aromatic carbocycles. The second kappa shape index (κ2) is 9.91. The second-order valence-electron chi connectivity index (χ2n) is 6.38. The molecule has 0 radical (unpaired) electrons. The average Bonchev–Trinajstić information content (AvgIpc) is 3.29. The molecular formula is C22H22N2O5S. The van der Waals surface area contributed by atoms with Crippen molar-refractivity contribution in [3.8, 4) is 5.75 Å². The van der Waals surface area contributed by atoms with Crippen molar-refractivity contribution in [2.45, 2.75) is 18.0 Å². The maximum absolute atomic E-state index is 12.3. The number of amides is 1. The van der Waals surface area contributed by atoms with Crippen molar-refractivity contribution >= 4 is 22.0 Å². The van der Waals surface area contributed by atoms with Crippen LogP contribution in [0.3, 0.4) is 0 Å². The van der Waals surface area contributed by atoms with Gasteiger partial charge in [0.1, 0.15) is 11.5 Å². The van der Waals surface area contributed by atoms with Gasteiger partial charge in [0, 0.05) is 12.6 Å². The fraction of sp³-hybridized carbons (Fsp3) is 0.136. The van der Waals surface area contributed by atoms with E-state index in [-0.39, 0.29) is 17.3 Å². The summed E-state index contributed by atoms with van der Waals surface area (Å²) < 4.78 is 37.4. The predicted octanol–water partition coefficient (Wildman–Crippen LogP) is 3.10. The predicted molar refractivity (Wildman–Crippen MR) is 113 cm³/mol. The zero-order chi connectivity index (χ0) is 21.4. The molecule has 156 valence electrons. The van der Waals surface area contributed by atoms with Gasteiger partial charge in [-0.05, 0) is 53.6 Å². The van der Waals surface area contributed by atoms with Crippen LogP contribution >= 0.6 is 0 Å². The average molecular weight is 426 g/mol. The molecule has 2 N–H and O–H groups in total. The number of sulfonamides is 1. The quantitative estimate of drug-likeness (QED) is 0.513. The number of methoxy groups -OCH3 is 1. The van der Waals surface area contributed by atoms with Crippen molar-refractivity contribution in [2.75, 3.05) is 7.11 Å². The Labute approximate surface area is 175 Å². The van der Waals surface area contributed by atoms with Crippen LogP contribution in [0.2, 0.25) is 0 Å². The topological polar surface area (TPSA) is 97.6 Å². The van der Waals surface area contributed by atoms with Gasteiger partial charge in [0.05, 0.1) is 24.8 Å². The van der Waals surface area contributed by atoms with Gasteiger partial charge in [0.15, 0.2) is 0 Å². The molecule has 0 saturated carbocycles. The third-order valence-electron chi connectivity index (χ3n) is 4.23. The number of hydrogen-bond acceptors (Lipinski definition) is 5. The van der Waals surface area contributed by atoms with Crippen LogP contribution in [0.25, 0.3) is 6.08 Å². The maximum atomic E-state index is 12.3. The molecule has 3 rings (SSSR count). The summed E-state index contributed by atoms with van der Waals surface area (Å²) in [5.41, 5.74) is 1.63. The molecule has 0 bridgehead atoms. The van der Waals surface area contributed by atoms with Crippen LogP contribution in [0.15, 0.2) is 82.3 Å². The molecule has 0 aliphatic heterocycles. The number of carbonyl (C=O) groups excluding carboxylic acids is 1. The molecule has 3 aromatic rings. The van der Waals surface area contributed by atoms with Crippen LogP contribution in [-0.2, 0) is 27.9 Å². The summed E-state index contributed by atoms with van der Waals surface area (Å²) in [5.74, 6) is 0.999. The molecule has 0 aliphatic carbocycles. The van der Waals surface area contributed by atoms with E-state index in [1.54, 1.807) is 37.5 Å². The summed E-state index contributed by atoms with van der Waals surface area (Å²) in [7, 11) is -2.06. The van der Waals surface area contributed by atoms with Gasteiger partial charge in [0.2, 0.25) is 15.9 Å². The molecule has 0 saturated heterocycles. The Morgan fingerprint density at radius 2 is 1.87 bits per heavy atom. The van der Waals surface area contributed by atoms with Gasteiger partial charge in [-0.15, -0.1) is 0 Å². The summed E-state index contributed by atoms with van der Waals surface area (Å²) in [6, 6.07) is 17.1. The van der Waals surface area contributed by atoms with E-state index in [1.165, 1.54) is 24.5 Å². The largest absolute Gasteiger partial charge is 0.497 e. The Balaban J connectivity index is 1.53. The number of hydrogen-bond donors (Lipinski definition) is 2. The minimum Gasteiger partial charge on any atom is -0.497 e. The van der Waals surface area contributed by atoms with Gasteiger partial charge in [-0.2, -0.15) is 0 Å². The summed E-state index contributed by atoms with van der Waals surface area (Å²) in [6.07, 6.45) is 4.50. The van der Waals surface area contributed by atoms with E-state index in [1.807, 2.05) is 24.3 Å². The Morgan fingerprint density at radius 1 is 1.07 bits per heavy atom. The number of rotatable bonds is 9. The maximum Gasteiger partial charge on any atom is 0.244 e. The molecule has 0 aliphatic rings. The highest BCUT2D eigenvalue weighted by molar-refractivity contribution is 7.89. The van der Waals surface area contributed by atoms with Gasteiger partial charge in [0.25, 0.3) is 0 Å². The van der Waals surface area contributed by atoms with Crippen molar-refractivity contribution in [1.82, 2.24) is 10.0 Å². The first kappa shape index (κ1) is 21.4. The highest BCUT2D eigenvalue weighted by Gasteiger charge is 2.13. The zero-order valence-corrected chi connectivity index (χ0v) is 17.2. The van der Waals surface area contributed by atoms with Gasteiger partial charge >= 0.3 is 0 Å². The highest BCUT2D eigenvalue weighted by atomic mass is 32.2. The van der Waals surface area contributed by atoms with E-state index < -0.39 is 10.0 Å². The Kier molecular flexibility index (Phi) is 7.05. The van der Waals surface area contributed by atoms with E-state index in [0.717, 1.165) is 11.3 Å². The lowest BCUT2D eigenvalue weighted by Crippen LogP contribution is -2.22. The molecule has 8 heteroatoms. The fourth-order valence-electron chi connectivity index (χ4n) is 2.62. The van der Waals surface area contributed by atoms with Crippen LogP contribution in [0.5, 0.6) is 5.75 Å². The molecule has 1 aromatic heterocycles. The number of furan rings is 1. The fourth-order valence-corrected chi connectivity index (χ4v) is 3.62. The number of benzene rings is 2. The van der Waals surface area contributed by atoms with Crippen LogP contribution in [-0.4, -0.2) is 21.4 Å². The highest BCUT2D eigenvalue weighted by Crippen LogP contribution is 2.13. The number of nitrogens with one attached hydrogen (secondary N) is 2. The van der Waals surface area contributed by atoms with E-state index >= 15 is 0 Å². The molecular weight excluding hydrogens is 404 g/mol. The third kappa shape index (κ3) is 6.07. The zero-order valence-electron chi connectivity index (χ0n) is 16.4. The minimum atomic E-state index is -3.65. The van der Waals surface area contributed by atoms with Gasteiger partial charge in [-0.3, -0.25) is 4.79 Å². The van der Waals surface area contributed by atoms with Crippen molar-refractivity contribution in [1.29, 1.82) is 0 Å². The van der Waals surface area contributed by atoms with Crippen LogP contribution < -0.4 is 14.8 Å². The van der Waals surface area contributed by atoms with E-state index in [9.17, 15) is 13.2 Å².